The molecule has 0 aromatic carbocycles. The Bertz CT molecular complexity index is 1300. The van der Waals surface area contributed by atoms with Crippen LogP contribution >= 0.6 is 0 Å². The van der Waals surface area contributed by atoms with Crippen LogP contribution in [-0.2, 0) is 38.1 Å². The first-order chi connectivity index (χ1) is 18.2. The first-order valence-corrected chi connectivity index (χ1v) is 13.6. The molecule has 1 aromatic heterocycles. The number of furan rings is 1. The molecule has 1 aromatic rings. The van der Waals surface area contributed by atoms with Gasteiger partial charge in [0.2, 0.25) is 0 Å². The summed E-state index contributed by atoms with van der Waals surface area (Å²) in [5.74, 6) is -2.29. The highest BCUT2D eigenvalue weighted by molar-refractivity contribution is 5.96. The zero-order valence-corrected chi connectivity index (χ0v) is 23.4. The number of cyclic esters (lactones) is 1. The lowest BCUT2D eigenvalue weighted by Gasteiger charge is -2.69. The van der Waals surface area contributed by atoms with E-state index in [9.17, 15) is 19.2 Å². The monoisotopic (exact) mass is 540 g/mol. The van der Waals surface area contributed by atoms with Gasteiger partial charge in [0.1, 0.15) is 23.9 Å². The molecule has 10 atom stereocenters. The molecule has 4 fully saturated rings. The van der Waals surface area contributed by atoms with E-state index in [-0.39, 0.29) is 11.7 Å². The van der Waals surface area contributed by atoms with Crippen LogP contribution in [0.4, 0.5) is 0 Å². The summed E-state index contributed by atoms with van der Waals surface area (Å²) >= 11 is 0. The second-order valence-electron chi connectivity index (χ2n) is 13.3. The Hall–Kier alpha value is -2.94. The fourth-order valence-electron chi connectivity index (χ4n) is 9.68. The van der Waals surface area contributed by atoms with E-state index in [0.717, 1.165) is 5.56 Å². The van der Waals surface area contributed by atoms with Gasteiger partial charge < -0.3 is 23.4 Å². The van der Waals surface area contributed by atoms with Gasteiger partial charge in [-0.1, -0.05) is 40.7 Å². The number of carbonyl (C=O) groups is 4. The van der Waals surface area contributed by atoms with Gasteiger partial charge in [0.15, 0.2) is 11.9 Å². The van der Waals surface area contributed by atoms with Crippen molar-refractivity contribution in [1.29, 1.82) is 0 Å². The van der Waals surface area contributed by atoms with Crippen LogP contribution in [0.1, 0.15) is 73.0 Å². The number of ketones is 1. The van der Waals surface area contributed by atoms with Crippen LogP contribution < -0.4 is 0 Å². The van der Waals surface area contributed by atoms with Gasteiger partial charge in [0.05, 0.1) is 12.5 Å². The molecule has 0 amide bonds. The van der Waals surface area contributed by atoms with Gasteiger partial charge in [-0.15, -0.1) is 0 Å². The molecule has 0 bridgehead atoms. The van der Waals surface area contributed by atoms with E-state index < -0.39 is 75.5 Å². The average Bonchev–Trinajstić information content (AvgIpc) is 3.41. The largest absolute Gasteiger partial charge is 0.472 e. The highest BCUT2D eigenvalue weighted by Crippen LogP contribution is 2.80. The number of ether oxygens (including phenoxy) is 4. The molecule has 3 aliphatic carbocycles. The van der Waals surface area contributed by atoms with Crippen molar-refractivity contribution in [2.24, 2.45) is 33.5 Å². The lowest BCUT2D eigenvalue weighted by Crippen LogP contribution is -2.76. The predicted octanol–water partition coefficient (Wildman–Crippen LogP) is 4.10. The zero-order valence-electron chi connectivity index (χ0n) is 23.4. The Labute approximate surface area is 227 Å². The normalized spacial score (nSPS) is 47.1. The molecule has 1 spiro atoms. The molecule has 5 aliphatic rings. The average molecular weight is 541 g/mol. The maximum atomic E-state index is 13.4. The van der Waals surface area contributed by atoms with Crippen molar-refractivity contribution in [2.75, 3.05) is 0 Å². The molecule has 9 nitrogen and oxygen atoms in total. The molecule has 3 heterocycles. The summed E-state index contributed by atoms with van der Waals surface area (Å²) in [7, 11) is 0. The van der Waals surface area contributed by atoms with E-state index in [1.165, 1.54) is 13.8 Å². The molecule has 210 valence electrons. The number of epoxide rings is 1. The van der Waals surface area contributed by atoms with Crippen LogP contribution in [0.15, 0.2) is 35.2 Å². The minimum Gasteiger partial charge on any atom is -0.472 e. The van der Waals surface area contributed by atoms with Crippen molar-refractivity contribution >= 4 is 23.7 Å². The fourth-order valence-corrected chi connectivity index (χ4v) is 9.68. The van der Waals surface area contributed by atoms with Crippen LogP contribution in [0.3, 0.4) is 0 Å². The first kappa shape index (κ1) is 26.3. The van der Waals surface area contributed by atoms with Crippen molar-refractivity contribution < 1.29 is 42.5 Å². The molecular formula is C30H36O9. The summed E-state index contributed by atoms with van der Waals surface area (Å²) in [6.45, 7) is 12.5. The van der Waals surface area contributed by atoms with Gasteiger partial charge >= 0.3 is 17.9 Å². The third-order valence-electron chi connectivity index (χ3n) is 11.1. The van der Waals surface area contributed by atoms with Gasteiger partial charge in [-0.05, 0) is 36.3 Å². The van der Waals surface area contributed by atoms with Gasteiger partial charge in [-0.3, -0.25) is 14.4 Å². The van der Waals surface area contributed by atoms with E-state index in [1.807, 2.05) is 26.8 Å². The molecule has 0 N–H and O–H groups in total. The smallest absolute Gasteiger partial charge is 0.339 e. The summed E-state index contributed by atoms with van der Waals surface area (Å²) in [5, 5.41) is 0. The number of esters is 3. The molecular weight excluding hydrogens is 504 g/mol. The lowest BCUT2D eigenvalue weighted by atomic mass is 9.35. The number of hydrogen-bond acceptors (Lipinski definition) is 9. The van der Waals surface area contributed by atoms with Crippen molar-refractivity contribution in [3.63, 3.8) is 0 Å². The second-order valence-corrected chi connectivity index (χ2v) is 13.3. The number of allylic oxidation sites excluding steroid dienone is 2. The Kier molecular flexibility index (Phi) is 5.28. The summed E-state index contributed by atoms with van der Waals surface area (Å²) in [5.41, 5.74) is -3.58. The third-order valence-corrected chi connectivity index (χ3v) is 11.1. The topological polar surface area (TPSA) is 122 Å². The van der Waals surface area contributed by atoms with Gasteiger partial charge in [0, 0.05) is 41.6 Å². The quantitative estimate of drug-likeness (QED) is 0.317. The third kappa shape index (κ3) is 3.00. The van der Waals surface area contributed by atoms with Crippen molar-refractivity contribution in [3.8, 4) is 0 Å². The molecule has 2 saturated heterocycles. The van der Waals surface area contributed by atoms with Gasteiger partial charge in [-0.2, -0.15) is 0 Å². The number of hydrogen-bond donors (Lipinski definition) is 0. The maximum absolute atomic E-state index is 13.4. The van der Waals surface area contributed by atoms with E-state index >= 15 is 0 Å². The Balaban J connectivity index is 1.61. The van der Waals surface area contributed by atoms with E-state index in [0.29, 0.717) is 12.8 Å². The molecule has 9 heteroatoms. The summed E-state index contributed by atoms with van der Waals surface area (Å²) < 4.78 is 30.1. The zero-order chi connectivity index (χ0) is 28.3. The van der Waals surface area contributed by atoms with Crippen molar-refractivity contribution in [1.82, 2.24) is 0 Å². The van der Waals surface area contributed by atoms with Crippen LogP contribution in [0.25, 0.3) is 0 Å². The standard InChI is InChI=1S/C30H36O9/c1-15(31)36-20-21-26(3,4)19(33)9-11-27(21,5)18-8-12-28(6)22(17-10-13-35-14-17)38-25(34)24-30(28,39-24)29(18,7)23(20)37-16(2)32/h9-11,13-14,18,20-24H,8,12H2,1-7H3/t18-,20-,21+,22+,23-,24-,27-,28+,29+,30-/m1/s1. The molecule has 2 saturated carbocycles. The highest BCUT2D eigenvalue weighted by atomic mass is 16.7. The Morgan fingerprint density at radius 2 is 1.69 bits per heavy atom. The summed E-state index contributed by atoms with van der Waals surface area (Å²) in [6.07, 6.45) is 4.61. The number of carbonyl (C=O) groups excluding carboxylic acids is 4. The second kappa shape index (κ2) is 7.83. The van der Waals surface area contributed by atoms with E-state index in [1.54, 1.807) is 24.7 Å². The van der Waals surface area contributed by atoms with Crippen molar-refractivity contribution in [3.05, 3.63) is 36.3 Å². The van der Waals surface area contributed by atoms with Crippen LogP contribution in [0.2, 0.25) is 0 Å². The molecule has 0 unspecified atom stereocenters. The van der Waals surface area contributed by atoms with Gasteiger partial charge in [-0.25, -0.2) is 4.79 Å². The lowest BCUT2D eigenvalue weighted by molar-refractivity contribution is -0.284. The minimum atomic E-state index is -1.08. The summed E-state index contributed by atoms with van der Waals surface area (Å²) in [4.78, 5) is 52.0. The number of fused-ring (bicyclic) bond motifs is 3. The molecule has 39 heavy (non-hydrogen) atoms. The van der Waals surface area contributed by atoms with Gasteiger partial charge in [0.25, 0.3) is 0 Å². The maximum Gasteiger partial charge on any atom is 0.339 e. The SMILES string of the molecule is CC(=O)O[C@H]1[C@@H](OC(C)=O)[C@]2(C)[C@H](CC[C@@]3(C)[C@H](c4ccoc4)OC(=O)[C@H]4O[C@@]423)[C@@]2(C)C=CC(=O)C(C)(C)[C@H]12. The van der Waals surface area contributed by atoms with E-state index in [2.05, 4.69) is 13.8 Å². The number of rotatable bonds is 3. The molecule has 2 aliphatic heterocycles. The van der Waals surface area contributed by atoms with E-state index in [4.69, 9.17) is 23.4 Å². The molecule has 0 radical (unpaired) electrons. The van der Waals surface area contributed by atoms with Crippen LogP contribution in [0.5, 0.6) is 0 Å². The minimum absolute atomic E-state index is 0.0760. The predicted molar refractivity (Wildman–Crippen MR) is 135 cm³/mol. The highest BCUT2D eigenvalue weighted by Gasteiger charge is 2.89. The molecule has 6 rings (SSSR count). The Morgan fingerprint density at radius 3 is 2.31 bits per heavy atom. The first-order valence-electron chi connectivity index (χ1n) is 13.6. The van der Waals surface area contributed by atoms with Crippen LogP contribution in [-0.4, -0.2) is 47.6 Å². The summed E-state index contributed by atoms with van der Waals surface area (Å²) in [6, 6.07) is 1.79. The van der Waals surface area contributed by atoms with Crippen LogP contribution in [0, 0.1) is 33.5 Å². The van der Waals surface area contributed by atoms with Crippen molar-refractivity contribution in [2.45, 2.75) is 91.3 Å². The fraction of sp³-hybridized carbons (Fsp3) is 0.667. The Morgan fingerprint density at radius 1 is 1.00 bits per heavy atom.